The zero-order valence-corrected chi connectivity index (χ0v) is 16.5. The van der Waals surface area contributed by atoms with E-state index in [0.29, 0.717) is 18.1 Å². The first-order valence-electron chi connectivity index (χ1n) is 9.08. The molecule has 1 N–H and O–H groups in total. The van der Waals surface area contributed by atoms with Crippen molar-refractivity contribution in [3.63, 3.8) is 0 Å². The average Bonchev–Trinajstić information content (AvgIpc) is 3.14. The van der Waals surface area contributed by atoms with Gasteiger partial charge in [-0.15, -0.1) is 0 Å². The highest BCUT2D eigenvalue weighted by atomic mass is 35.5. The second kappa shape index (κ2) is 9.11. The van der Waals surface area contributed by atoms with Crippen molar-refractivity contribution in [2.75, 3.05) is 27.3 Å². The summed E-state index contributed by atoms with van der Waals surface area (Å²) in [5.74, 6) is 1.58. The van der Waals surface area contributed by atoms with E-state index < -0.39 is 0 Å². The summed E-state index contributed by atoms with van der Waals surface area (Å²) in [5, 5.41) is 3.68. The molecule has 1 amide bonds. The van der Waals surface area contributed by atoms with Gasteiger partial charge in [0.1, 0.15) is 11.5 Å². The highest BCUT2D eigenvalue weighted by Gasteiger charge is 2.29. The number of hydrogen-bond acceptors (Lipinski definition) is 4. The third-order valence-corrected chi connectivity index (χ3v) is 5.16. The van der Waals surface area contributed by atoms with Gasteiger partial charge in [-0.1, -0.05) is 29.8 Å². The monoisotopic (exact) mass is 388 g/mol. The molecule has 0 spiro atoms. The van der Waals surface area contributed by atoms with Crippen molar-refractivity contribution in [3.05, 3.63) is 58.6 Å². The maximum Gasteiger partial charge on any atom is 0.234 e. The Morgan fingerprint density at radius 2 is 1.96 bits per heavy atom. The van der Waals surface area contributed by atoms with Gasteiger partial charge < -0.3 is 14.8 Å². The first-order chi connectivity index (χ1) is 13.1. The Hall–Kier alpha value is -2.24. The molecule has 0 aromatic heterocycles. The smallest absolute Gasteiger partial charge is 0.234 e. The summed E-state index contributed by atoms with van der Waals surface area (Å²) in [6, 6.07) is 13.5. The standard InChI is InChI=1S/C21H25ClN2O3/c1-26-17-9-10-18(20(12-17)27-2)19-4-3-11-24(19)14-21(25)23-13-15-5-7-16(22)8-6-15/h5-10,12,19H,3-4,11,13-14H2,1-2H3,(H,23,25)/t19-/m1/s1. The molecule has 0 bridgehead atoms. The van der Waals surface area contributed by atoms with Gasteiger partial charge in [-0.05, 0) is 43.1 Å². The lowest BCUT2D eigenvalue weighted by atomic mass is 10.0. The van der Waals surface area contributed by atoms with E-state index in [2.05, 4.69) is 10.2 Å². The van der Waals surface area contributed by atoms with Gasteiger partial charge in [0.2, 0.25) is 5.91 Å². The fraction of sp³-hybridized carbons (Fsp3) is 0.381. The van der Waals surface area contributed by atoms with Crippen LogP contribution in [0.5, 0.6) is 11.5 Å². The van der Waals surface area contributed by atoms with E-state index in [1.807, 2.05) is 42.5 Å². The van der Waals surface area contributed by atoms with E-state index in [1.54, 1.807) is 14.2 Å². The SMILES string of the molecule is COc1ccc([C@H]2CCCN2CC(=O)NCc2ccc(Cl)cc2)c(OC)c1. The first-order valence-corrected chi connectivity index (χ1v) is 9.45. The second-order valence-electron chi connectivity index (χ2n) is 6.64. The Balaban J connectivity index is 1.62. The number of ether oxygens (including phenoxy) is 2. The van der Waals surface area contributed by atoms with Crippen LogP contribution < -0.4 is 14.8 Å². The van der Waals surface area contributed by atoms with E-state index >= 15 is 0 Å². The van der Waals surface area contributed by atoms with Gasteiger partial charge in [-0.2, -0.15) is 0 Å². The lowest BCUT2D eigenvalue weighted by molar-refractivity contribution is -0.122. The summed E-state index contributed by atoms with van der Waals surface area (Å²) in [6.45, 7) is 1.77. The highest BCUT2D eigenvalue weighted by Crippen LogP contribution is 2.38. The number of benzene rings is 2. The number of carbonyl (C=O) groups excluding carboxylic acids is 1. The Bertz CT molecular complexity index is 779. The van der Waals surface area contributed by atoms with Crippen LogP contribution in [0.1, 0.15) is 30.0 Å². The van der Waals surface area contributed by atoms with E-state index in [1.165, 1.54) is 0 Å². The predicted octanol–water partition coefficient (Wildman–Crippen LogP) is 3.81. The molecule has 6 heteroatoms. The zero-order valence-electron chi connectivity index (χ0n) is 15.7. The molecule has 0 saturated carbocycles. The number of nitrogens with one attached hydrogen (secondary N) is 1. The van der Waals surface area contributed by atoms with Crippen molar-refractivity contribution in [3.8, 4) is 11.5 Å². The molecule has 2 aromatic carbocycles. The molecular formula is C21H25ClN2O3. The number of methoxy groups -OCH3 is 2. The molecule has 2 aromatic rings. The molecule has 0 unspecified atom stereocenters. The van der Waals surface area contributed by atoms with E-state index in [-0.39, 0.29) is 11.9 Å². The molecule has 1 saturated heterocycles. The van der Waals surface area contributed by atoms with Crippen molar-refractivity contribution in [2.45, 2.75) is 25.4 Å². The molecule has 27 heavy (non-hydrogen) atoms. The highest BCUT2D eigenvalue weighted by molar-refractivity contribution is 6.30. The number of nitrogens with zero attached hydrogens (tertiary/aromatic N) is 1. The largest absolute Gasteiger partial charge is 0.497 e. The third kappa shape index (κ3) is 4.93. The van der Waals surface area contributed by atoms with Crippen molar-refractivity contribution in [2.24, 2.45) is 0 Å². The van der Waals surface area contributed by atoms with Gasteiger partial charge in [0.25, 0.3) is 0 Å². The fourth-order valence-electron chi connectivity index (χ4n) is 3.50. The summed E-state index contributed by atoms with van der Waals surface area (Å²) >= 11 is 5.89. The minimum absolute atomic E-state index is 0.0179. The quantitative estimate of drug-likeness (QED) is 0.783. The van der Waals surface area contributed by atoms with Crippen LogP contribution in [0.2, 0.25) is 5.02 Å². The van der Waals surface area contributed by atoms with Gasteiger partial charge >= 0.3 is 0 Å². The average molecular weight is 389 g/mol. The molecule has 1 heterocycles. The minimum Gasteiger partial charge on any atom is -0.497 e. The van der Waals surface area contributed by atoms with E-state index in [0.717, 1.165) is 42.0 Å². The molecule has 144 valence electrons. The molecule has 0 aliphatic carbocycles. The van der Waals surface area contributed by atoms with Crippen LogP contribution in [0.15, 0.2) is 42.5 Å². The Morgan fingerprint density at radius 1 is 1.19 bits per heavy atom. The van der Waals surface area contributed by atoms with Crippen LogP contribution >= 0.6 is 11.6 Å². The molecule has 1 aliphatic rings. The Labute approximate surface area is 165 Å². The van der Waals surface area contributed by atoms with E-state index in [9.17, 15) is 4.79 Å². The summed E-state index contributed by atoms with van der Waals surface area (Å²) in [7, 11) is 3.30. The van der Waals surface area contributed by atoms with E-state index in [4.69, 9.17) is 21.1 Å². The van der Waals surface area contributed by atoms with Crippen LogP contribution in [0.4, 0.5) is 0 Å². The lowest BCUT2D eigenvalue weighted by Gasteiger charge is -2.26. The van der Waals surface area contributed by atoms with Crippen LogP contribution in [0.25, 0.3) is 0 Å². The summed E-state index contributed by atoms with van der Waals surface area (Å²) in [6.07, 6.45) is 2.07. The van der Waals surface area contributed by atoms with Crippen LogP contribution in [-0.2, 0) is 11.3 Å². The molecule has 1 aliphatic heterocycles. The van der Waals surface area contributed by atoms with Gasteiger partial charge in [0.05, 0.1) is 20.8 Å². The lowest BCUT2D eigenvalue weighted by Crippen LogP contribution is -2.36. The van der Waals surface area contributed by atoms with Crippen molar-refractivity contribution >= 4 is 17.5 Å². The molecule has 3 rings (SSSR count). The number of carbonyl (C=O) groups is 1. The van der Waals surface area contributed by atoms with Gasteiger partial charge in [0, 0.05) is 29.2 Å². The third-order valence-electron chi connectivity index (χ3n) is 4.91. The van der Waals surface area contributed by atoms with Gasteiger partial charge in [-0.3, -0.25) is 9.69 Å². The van der Waals surface area contributed by atoms with Crippen LogP contribution in [-0.4, -0.2) is 38.1 Å². The topological polar surface area (TPSA) is 50.8 Å². The molecular weight excluding hydrogens is 364 g/mol. The molecule has 5 nitrogen and oxygen atoms in total. The van der Waals surface area contributed by atoms with Crippen molar-refractivity contribution in [1.29, 1.82) is 0 Å². The second-order valence-corrected chi connectivity index (χ2v) is 7.08. The summed E-state index contributed by atoms with van der Waals surface area (Å²) < 4.78 is 10.8. The molecule has 1 atom stereocenters. The minimum atomic E-state index is 0.0179. The van der Waals surface area contributed by atoms with Gasteiger partial charge in [-0.25, -0.2) is 0 Å². The normalized spacial score (nSPS) is 16.9. The summed E-state index contributed by atoms with van der Waals surface area (Å²) in [4.78, 5) is 14.7. The Kier molecular flexibility index (Phi) is 6.58. The predicted molar refractivity (Wildman–Crippen MR) is 106 cm³/mol. The maximum absolute atomic E-state index is 12.4. The Morgan fingerprint density at radius 3 is 2.67 bits per heavy atom. The van der Waals surface area contributed by atoms with Crippen molar-refractivity contribution in [1.82, 2.24) is 10.2 Å². The number of amides is 1. The van der Waals surface area contributed by atoms with Gasteiger partial charge in [0.15, 0.2) is 0 Å². The number of halogens is 1. The van der Waals surface area contributed by atoms with Crippen LogP contribution in [0, 0.1) is 0 Å². The first kappa shape index (κ1) is 19.5. The van der Waals surface area contributed by atoms with Crippen molar-refractivity contribution < 1.29 is 14.3 Å². The summed E-state index contributed by atoms with van der Waals surface area (Å²) in [5.41, 5.74) is 2.13. The zero-order chi connectivity index (χ0) is 19.2. The van der Waals surface area contributed by atoms with Crippen LogP contribution in [0.3, 0.4) is 0 Å². The number of rotatable bonds is 7. The molecule has 1 fully saturated rings. The molecule has 0 radical (unpaired) electrons. The fourth-order valence-corrected chi connectivity index (χ4v) is 3.63. The number of hydrogen-bond donors (Lipinski definition) is 1. The number of likely N-dealkylation sites (tertiary alicyclic amines) is 1. The maximum atomic E-state index is 12.4.